The van der Waals surface area contributed by atoms with E-state index in [4.69, 9.17) is 4.74 Å². The zero-order valence-electron chi connectivity index (χ0n) is 14.7. The van der Waals surface area contributed by atoms with Crippen LogP contribution in [0.3, 0.4) is 0 Å². The summed E-state index contributed by atoms with van der Waals surface area (Å²) in [6.07, 6.45) is 0. The molecule has 0 amide bonds. The second-order valence-electron chi connectivity index (χ2n) is 6.19. The molecule has 0 aliphatic carbocycles. The number of nitrogens with zero attached hydrogens (tertiary/aromatic N) is 2. The highest BCUT2D eigenvalue weighted by Gasteiger charge is 2.19. The zero-order valence-corrected chi connectivity index (χ0v) is 14.7. The van der Waals surface area contributed by atoms with Crippen LogP contribution in [0.25, 0.3) is 10.8 Å². The number of esters is 1. The maximum atomic E-state index is 13.4. The summed E-state index contributed by atoms with van der Waals surface area (Å²) in [5.41, 5.74) is 0.564. The highest BCUT2D eigenvalue weighted by molar-refractivity contribution is 6.02. The number of hydrogen-bond acceptors (Lipinski definition) is 4. The lowest BCUT2D eigenvalue weighted by molar-refractivity contribution is 0.0728. The van der Waals surface area contributed by atoms with Crippen molar-refractivity contribution in [3.8, 4) is 5.75 Å². The van der Waals surface area contributed by atoms with Gasteiger partial charge in [0.15, 0.2) is 5.69 Å². The van der Waals surface area contributed by atoms with Crippen LogP contribution in [0, 0.1) is 5.82 Å². The van der Waals surface area contributed by atoms with Crippen molar-refractivity contribution in [3.63, 3.8) is 0 Å². The summed E-state index contributed by atoms with van der Waals surface area (Å²) >= 11 is 0. The van der Waals surface area contributed by atoms with Gasteiger partial charge < -0.3 is 4.74 Å². The number of ether oxygens (including phenoxy) is 1. The molecule has 4 rings (SSSR count). The third kappa shape index (κ3) is 3.53. The maximum absolute atomic E-state index is 13.4. The molecule has 0 N–H and O–H groups in total. The first-order valence-electron chi connectivity index (χ1n) is 8.63. The summed E-state index contributed by atoms with van der Waals surface area (Å²) in [4.78, 5) is 25.5. The van der Waals surface area contributed by atoms with E-state index in [1.807, 2.05) is 30.3 Å². The molecule has 1 aromatic heterocycles. The van der Waals surface area contributed by atoms with Crippen LogP contribution in [-0.4, -0.2) is 15.7 Å². The molecule has 28 heavy (non-hydrogen) atoms. The molecule has 0 unspecified atom stereocenters. The first kappa shape index (κ1) is 17.6. The van der Waals surface area contributed by atoms with Gasteiger partial charge in [-0.25, -0.2) is 13.9 Å². The molecule has 6 heteroatoms. The molecule has 0 radical (unpaired) electrons. The van der Waals surface area contributed by atoms with Gasteiger partial charge in [-0.3, -0.25) is 4.79 Å². The van der Waals surface area contributed by atoms with Crippen molar-refractivity contribution in [2.75, 3.05) is 0 Å². The Morgan fingerprint density at radius 1 is 0.929 bits per heavy atom. The molecule has 0 atom stereocenters. The van der Waals surface area contributed by atoms with Crippen LogP contribution in [0.1, 0.15) is 16.1 Å². The summed E-state index contributed by atoms with van der Waals surface area (Å²) < 4.78 is 19.9. The molecule has 4 aromatic rings. The highest BCUT2D eigenvalue weighted by Crippen LogP contribution is 2.18. The quantitative estimate of drug-likeness (QED) is 0.403. The number of fused-ring (bicyclic) bond motifs is 1. The number of carbonyl (C=O) groups is 1. The van der Waals surface area contributed by atoms with Crippen molar-refractivity contribution in [2.45, 2.75) is 6.54 Å². The smallest absolute Gasteiger partial charge is 0.364 e. The molecule has 3 aromatic carbocycles. The van der Waals surface area contributed by atoms with E-state index >= 15 is 0 Å². The Labute approximate surface area is 159 Å². The lowest BCUT2D eigenvalue weighted by Gasteiger charge is -2.11. The Bertz CT molecular complexity index is 1220. The summed E-state index contributed by atoms with van der Waals surface area (Å²) in [6, 6.07) is 21.3. The van der Waals surface area contributed by atoms with E-state index in [1.165, 1.54) is 22.9 Å². The molecule has 0 bridgehead atoms. The number of aromatic nitrogens is 2. The number of halogens is 1. The van der Waals surface area contributed by atoms with Gasteiger partial charge in [0.05, 0.1) is 11.9 Å². The van der Waals surface area contributed by atoms with Crippen LogP contribution >= 0.6 is 0 Å². The van der Waals surface area contributed by atoms with E-state index in [0.717, 1.165) is 11.6 Å². The first-order chi connectivity index (χ1) is 13.6. The second-order valence-corrected chi connectivity index (χ2v) is 6.19. The molecule has 0 aliphatic rings. The van der Waals surface area contributed by atoms with Gasteiger partial charge in [0, 0.05) is 11.5 Å². The second kappa shape index (κ2) is 7.44. The largest absolute Gasteiger partial charge is 0.422 e. The third-order valence-corrected chi connectivity index (χ3v) is 4.24. The predicted octanol–water partition coefficient (Wildman–Crippen LogP) is 3.80. The normalized spacial score (nSPS) is 10.8. The van der Waals surface area contributed by atoms with Crippen LogP contribution in [0.4, 0.5) is 4.39 Å². The topological polar surface area (TPSA) is 61.2 Å². The van der Waals surface area contributed by atoms with E-state index in [2.05, 4.69) is 5.10 Å². The van der Waals surface area contributed by atoms with Crippen LogP contribution in [-0.2, 0) is 6.54 Å². The Balaban J connectivity index is 1.79. The molecule has 0 spiro atoms. The van der Waals surface area contributed by atoms with Crippen molar-refractivity contribution in [1.29, 1.82) is 0 Å². The molecule has 5 nitrogen and oxygen atoms in total. The van der Waals surface area contributed by atoms with Gasteiger partial charge in [-0.1, -0.05) is 54.6 Å². The standard InChI is InChI=1S/C22H15FN2O3/c23-16-9-6-10-17(13-16)28-22(27)20-18-11-4-5-12-19(18)21(26)25(24-20)14-15-7-2-1-3-8-15/h1-13H,14H2. The maximum Gasteiger partial charge on any atom is 0.364 e. The van der Waals surface area contributed by atoms with E-state index in [-0.39, 0.29) is 23.5 Å². The van der Waals surface area contributed by atoms with Gasteiger partial charge in [0.1, 0.15) is 11.6 Å². The molecule has 0 fully saturated rings. The zero-order chi connectivity index (χ0) is 19.5. The van der Waals surface area contributed by atoms with Gasteiger partial charge in [0.25, 0.3) is 5.56 Å². The number of carbonyl (C=O) groups excluding carboxylic acids is 1. The van der Waals surface area contributed by atoms with Gasteiger partial charge in [-0.2, -0.15) is 5.10 Å². The van der Waals surface area contributed by atoms with Crippen molar-refractivity contribution >= 4 is 16.7 Å². The first-order valence-corrected chi connectivity index (χ1v) is 8.63. The molecular formula is C22H15FN2O3. The number of rotatable bonds is 4. The van der Waals surface area contributed by atoms with Crippen LogP contribution < -0.4 is 10.3 Å². The van der Waals surface area contributed by atoms with Crippen molar-refractivity contribution in [1.82, 2.24) is 9.78 Å². The SMILES string of the molecule is O=C(Oc1cccc(F)c1)c1nn(Cc2ccccc2)c(=O)c2ccccc12. The minimum absolute atomic E-state index is 0.00427. The third-order valence-electron chi connectivity index (χ3n) is 4.24. The average Bonchev–Trinajstić information content (AvgIpc) is 2.71. The van der Waals surface area contributed by atoms with Crippen LogP contribution in [0.2, 0.25) is 0 Å². The van der Waals surface area contributed by atoms with Gasteiger partial charge in [0.2, 0.25) is 0 Å². The average molecular weight is 374 g/mol. The van der Waals surface area contributed by atoms with Crippen molar-refractivity contribution < 1.29 is 13.9 Å². The van der Waals surface area contributed by atoms with Gasteiger partial charge in [-0.05, 0) is 23.8 Å². The van der Waals surface area contributed by atoms with Crippen molar-refractivity contribution in [3.05, 3.63) is 106 Å². The minimum Gasteiger partial charge on any atom is -0.422 e. The molecular weight excluding hydrogens is 359 g/mol. The minimum atomic E-state index is -0.761. The molecule has 0 saturated carbocycles. The summed E-state index contributed by atoms with van der Waals surface area (Å²) in [5.74, 6) is -1.21. The Morgan fingerprint density at radius 2 is 1.64 bits per heavy atom. The van der Waals surface area contributed by atoms with Gasteiger partial charge >= 0.3 is 5.97 Å². The van der Waals surface area contributed by atoms with Crippen LogP contribution in [0.15, 0.2) is 83.7 Å². The van der Waals surface area contributed by atoms with E-state index in [0.29, 0.717) is 10.8 Å². The van der Waals surface area contributed by atoms with Crippen LogP contribution in [0.5, 0.6) is 5.75 Å². The Hall–Kier alpha value is -3.80. The molecule has 1 heterocycles. The number of benzene rings is 3. The summed E-state index contributed by atoms with van der Waals surface area (Å²) in [6.45, 7) is 0.213. The predicted molar refractivity (Wildman–Crippen MR) is 103 cm³/mol. The Morgan fingerprint density at radius 3 is 2.39 bits per heavy atom. The fourth-order valence-electron chi connectivity index (χ4n) is 2.94. The lowest BCUT2D eigenvalue weighted by Crippen LogP contribution is -2.27. The number of hydrogen-bond donors (Lipinski definition) is 0. The molecule has 138 valence electrons. The fourth-order valence-corrected chi connectivity index (χ4v) is 2.94. The molecule has 0 aliphatic heterocycles. The van der Waals surface area contributed by atoms with E-state index in [9.17, 15) is 14.0 Å². The Kier molecular flexibility index (Phi) is 4.68. The fraction of sp³-hybridized carbons (Fsp3) is 0.0455. The van der Waals surface area contributed by atoms with Crippen molar-refractivity contribution in [2.24, 2.45) is 0 Å². The highest BCUT2D eigenvalue weighted by atomic mass is 19.1. The molecule has 0 saturated heterocycles. The summed E-state index contributed by atoms with van der Waals surface area (Å²) in [5, 5.41) is 5.00. The summed E-state index contributed by atoms with van der Waals surface area (Å²) in [7, 11) is 0. The van der Waals surface area contributed by atoms with E-state index < -0.39 is 11.8 Å². The lowest BCUT2D eigenvalue weighted by atomic mass is 10.1. The monoisotopic (exact) mass is 374 g/mol. The van der Waals surface area contributed by atoms with E-state index in [1.54, 1.807) is 24.3 Å². The van der Waals surface area contributed by atoms with Gasteiger partial charge in [-0.15, -0.1) is 0 Å².